The van der Waals surface area contributed by atoms with Gasteiger partial charge in [-0.3, -0.25) is 0 Å². The van der Waals surface area contributed by atoms with Crippen LogP contribution in [0.2, 0.25) is 0 Å². The summed E-state index contributed by atoms with van der Waals surface area (Å²) in [7, 11) is 0. The maximum atomic E-state index is 12.3. The minimum Gasteiger partial charge on any atom is -0.459 e. The summed E-state index contributed by atoms with van der Waals surface area (Å²) in [6, 6.07) is 1.97. The molecule has 0 saturated heterocycles. The zero-order valence-electron chi connectivity index (χ0n) is 17.0. The van der Waals surface area contributed by atoms with Gasteiger partial charge in [0.25, 0.3) is 6.33 Å². The van der Waals surface area contributed by atoms with Crippen LogP contribution in [0.5, 0.6) is 5.88 Å². The van der Waals surface area contributed by atoms with E-state index < -0.39 is 25.3 Å². The van der Waals surface area contributed by atoms with E-state index in [-0.39, 0.29) is 35.4 Å². The zero-order valence-corrected chi connectivity index (χ0v) is 17.0. The van der Waals surface area contributed by atoms with Crippen molar-refractivity contribution in [1.82, 2.24) is 15.0 Å². The number of nitrogens with zero attached hydrogens (tertiary/aromatic N) is 4. The van der Waals surface area contributed by atoms with Crippen LogP contribution < -0.4 is 20.4 Å². The summed E-state index contributed by atoms with van der Waals surface area (Å²) in [6.45, 7) is 3.43. The quantitative estimate of drug-likeness (QED) is 0.571. The molecule has 1 fully saturated rings. The van der Waals surface area contributed by atoms with Crippen molar-refractivity contribution in [3.05, 3.63) is 29.8 Å². The molecular formula is C19H23F3N7O2+. The monoisotopic (exact) mass is 438 g/mol. The molecule has 2 atom stereocenters. The van der Waals surface area contributed by atoms with E-state index in [2.05, 4.69) is 30.6 Å². The predicted molar refractivity (Wildman–Crippen MR) is 103 cm³/mol. The van der Waals surface area contributed by atoms with Crippen LogP contribution in [0.1, 0.15) is 37.8 Å². The second-order valence-electron chi connectivity index (χ2n) is 7.80. The molecule has 0 aliphatic heterocycles. The number of nitrogens with one attached hydrogen (secondary N) is 3. The van der Waals surface area contributed by atoms with Crippen LogP contribution in [0.25, 0.3) is 0 Å². The van der Waals surface area contributed by atoms with E-state index in [9.17, 15) is 23.5 Å². The number of hydrogen-bond donors (Lipinski definition) is 3. The lowest BCUT2D eigenvalue weighted by molar-refractivity contribution is -0.383. The summed E-state index contributed by atoms with van der Waals surface area (Å²) in [6.07, 6.45) is -1.08. The van der Waals surface area contributed by atoms with Crippen molar-refractivity contribution in [3.63, 3.8) is 0 Å². The standard InChI is InChI=1S/C19H22F3N7O2/c1-18(2)13(5-14(18)30)28-15-11(6-23)8-25-17(29-15)26-9-12-7-24-10-27-16(12)31-4-3-19(20,21)22/h7-8,10,13-14,30H,3-5,9H2,1-2H3,(H2,25,26,28,29)/p+1/t13-,14+/m1/s1. The smallest absolute Gasteiger partial charge is 0.392 e. The van der Waals surface area contributed by atoms with E-state index >= 15 is 0 Å². The molecule has 0 bridgehead atoms. The van der Waals surface area contributed by atoms with Gasteiger partial charge < -0.3 is 20.5 Å². The summed E-state index contributed by atoms with van der Waals surface area (Å²) in [5.41, 5.74) is 0.378. The van der Waals surface area contributed by atoms with Gasteiger partial charge in [0.1, 0.15) is 30.3 Å². The molecule has 2 aromatic heterocycles. The Morgan fingerprint density at radius 1 is 1.39 bits per heavy atom. The second-order valence-corrected chi connectivity index (χ2v) is 7.80. The van der Waals surface area contributed by atoms with E-state index in [0.29, 0.717) is 17.8 Å². The maximum absolute atomic E-state index is 12.3. The van der Waals surface area contributed by atoms with Gasteiger partial charge in [-0.05, 0) is 11.4 Å². The molecule has 166 valence electrons. The molecule has 3 rings (SSSR count). The Balaban J connectivity index is 1.67. The molecule has 0 amide bonds. The number of aliphatic hydroxyl groups excluding tert-OH is 1. The largest absolute Gasteiger partial charge is 0.459 e. The number of aromatic amines is 1. The fraction of sp³-hybridized carbons (Fsp3) is 0.526. The van der Waals surface area contributed by atoms with E-state index in [0.717, 1.165) is 0 Å². The number of rotatable bonds is 8. The Bertz CT molecular complexity index is 962. The van der Waals surface area contributed by atoms with Crippen LogP contribution in [0.3, 0.4) is 0 Å². The lowest BCUT2D eigenvalue weighted by Gasteiger charge is -2.49. The number of halogens is 3. The van der Waals surface area contributed by atoms with Gasteiger partial charge in [-0.15, -0.1) is 0 Å². The van der Waals surface area contributed by atoms with Gasteiger partial charge >= 0.3 is 12.1 Å². The Morgan fingerprint density at radius 3 is 2.81 bits per heavy atom. The number of hydrogen-bond acceptors (Lipinski definition) is 8. The molecule has 12 heteroatoms. The zero-order chi connectivity index (χ0) is 22.6. The van der Waals surface area contributed by atoms with E-state index in [4.69, 9.17) is 4.74 Å². The second kappa shape index (κ2) is 8.89. The number of nitriles is 1. The van der Waals surface area contributed by atoms with Gasteiger partial charge in [0.15, 0.2) is 0 Å². The maximum Gasteiger partial charge on any atom is 0.392 e. The average molecular weight is 438 g/mol. The van der Waals surface area contributed by atoms with E-state index in [1.807, 2.05) is 19.9 Å². The third kappa shape index (κ3) is 5.49. The molecule has 2 heterocycles. The molecule has 1 aliphatic rings. The average Bonchev–Trinajstić information content (AvgIpc) is 2.72. The first-order chi connectivity index (χ1) is 14.6. The van der Waals surface area contributed by atoms with Gasteiger partial charge in [0, 0.05) is 11.5 Å². The molecule has 9 nitrogen and oxygen atoms in total. The van der Waals surface area contributed by atoms with E-state index in [1.165, 1.54) is 12.5 Å². The van der Waals surface area contributed by atoms with Crippen molar-refractivity contribution in [2.75, 3.05) is 17.2 Å². The number of H-pyrrole nitrogens is 1. The summed E-state index contributed by atoms with van der Waals surface area (Å²) in [5.74, 6) is 0.612. The van der Waals surface area contributed by atoms with Crippen LogP contribution >= 0.6 is 0 Å². The van der Waals surface area contributed by atoms with Gasteiger partial charge in [-0.2, -0.15) is 23.4 Å². The molecule has 1 aliphatic carbocycles. The normalized spacial score (nSPS) is 19.8. The fourth-order valence-electron chi connectivity index (χ4n) is 3.04. The lowest BCUT2D eigenvalue weighted by atomic mass is 9.64. The highest BCUT2D eigenvalue weighted by Gasteiger charge is 2.47. The Labute approximate surface area is 176 Å². The minimum absolute atomic E-state index is 0.0566. The van der Waals surface area contributed by atoms with Crippen LogP contribution in [0.15, 0.2) is 18.7 Å². The van der Waals surface area contributed by atoms with E-state index in [1.54, 1.807) is 6.20 Å². The third-order valence-corrected chi connectivity index (χ3v) is 5.29. The molecule has 4 N–H and O–H groups in total. The van der Waals surface area contributed by atoms with Gasteiger partial charge in [0.2, 0.25) is 5.95 Å². The molecule has 0 radical (unpaired) electrons. The topological polar surface area (TPSA) is 130 Å². The van der Waals surface area contributed by atoms with Crippen LogP contribution in [-0.2, 0) is 6.54 Å². The number of alkyl halides is 3. The first-order valence-corrected chi connectivity index (χ1v) is 9.60. The lowest BCUT2D eigenvalue weighted by Crippen LogP contribution is -2.57. The first kappa shape index (κ1) is 22.5. The van der Waals surface area contributed by atoms with Crippen molar-refractivity contribution in [3.8, 4) is 11.9 Å². The summed E-state index contributed by atoms with van der Waals surface area (Å²) >= 11 is 0. The van der Waals surface area contributed by atoms with Crippen molar-refractivity contribution in [1.29, 1.82) is 5.26 Å². The highest BCUT2D eigenvalue weighted by Crippen LogP contribution is 2.42. The minimum atomic E-state index is -4.32. The molecular weight excluding hydrogens is 415 g/mol. The van der Waals surface area contributed by atoms with Crippen LogP contribution in [0.4, 0.5) is 24.9 Å². The first-order valence-electron chi connectivity index (χ1n) is 9.60. The molecule has 1 saturated carbocycles. The van der Waals surface area contributed by atoms with Crippen molar-refractivity contribution < 1.29 is 28.0 Å². The fourth-order valence-corrected chi connectivity index (χ4v) is 3.04. The van der Waals surface area contributed by atoms with Crippen LogP contribution in [-0.4, -0.2) is 45.0 Å². The number of aliphatic hydroxyl groups is 1. The van der Waals surface area contributed by atoms with Gasteiger partial charge in [0.05, 0.1) is 30.8 Å². The molecule has 2 aromatic rings. The molecule has 0 spiro atoms. The Morgan fingerprint density at radius 2 is 2.16 bits per heavy atom. The molecule has 0 aromatic carbocycles. The number of anilines is 2. The van der Waals surface area contributed by atoms with Crippen LogP contribution in [0, 0.1) is 16.7 Å². The summed E-state index contributed by atoms with van der Waals surface area (Å²) in [5, 5.41) is 25.4. The number of ether oxygens (including phenoxy) is 1. The summed E-state index contributed by atoms with van der Waals surface area (Å²) < 4.78 is 42.2. The van der Waals surface area contributed by atoms with Crippen molar-refractivity contribution in [2.45, 2.75) is 51.6 Å². The highest BCUT2D eigenvalue weighted by atomic mass is 19.4. The number of aromatic nitrogens is 4. The van der Waals surface area contributed by atoms with Crippen molar-refractivity contribution >= 4 is 11.8 Å². The molecule has 0 unspecified atom stereocenters. The highest BCUT2D eigenvalue weighted by molar-refractivity contribution is 5.54. The van der Waals surface area contributed by atoms with Gasteiger partial charge in [-0.25, -0.2) is 9.97 Å². The Hall–Kier alpha value is -3.20. The summed E-state index contributed by atoms with van der Waals surface area (Å²) in [4.78, 5) is 15.1. The predicted octanol–water partition coefficient (Wildman–Crippen LogP) is 2.07. The van der Waals surface area contributed by atoms with Gasteiger partial charge in [-0.1, -0.05) is 13.8 Å². The SMILES string of the molecule is CC1(C)[C@@H](O)C[C@H]1Nc1nc(NCc2c[nH+]cnc2OCCC(F)(F)F)ncc1C#N. The van der Waals surface area contributed by atoms with Crippen molar-refractivity contribution in [2.24, 2.45) is 5.41 Å². The Kier molecular flexibility index (Phi) is 6.45. The third-order valence-electron chi connectivity index (χ3n) is 5.29. The molecule has 31 heavy (non-hydrogen) atoms.